The number of oxime groups is 1. The van der Waals surface area contributed by atoms with E-state index in [1.165, 1.54) is 0 Å². The lowest BCUT2D eigenvalue weighted by Gasteiger charge is -2.25. The molecule has 0 saturated carbocycles. The van der Waals surface area contributed by atoms with Gasteiger partial charge in [-0.3, -0.25) is 0 Å². The van der Waals surface area contributed by atoms with Crippen LogP contribution in [0.4, 0.5) is 0 Å². The monoisotopic (exact) mass is 345 g/mol. The summed E-state index contributed by atoms with van der Waals surface area (Å²) in [5.41, 5.74) is 0.757. The smallest absolute Gasteiger partial charge is 0.168 e. The first-order valence-electron chi connectivity index (χ1n) is 6.96. The third-order valence-corrected chi connectivity index (χ3v) is 4.11. The molecule has 4 heteroatoms. The van der Waals surface area contributed by atoms with Crippen molar-refractivity contribution >= 4 is 20.6 Å². The van der Waals surface area contributed by atoms with Crippen molar-refractivity contribution in [3.63, 3.8) is 0 Å². The Morgan fingerprint density at radius 3 is 2.33 bits per heavy atom. The molecule has 3 nitrogen and oxygen atoms in total. The van der Waals surface area contributed by atoms with Crippen LogP contribution >= 0.6 is 15.9 Å². The van der Waals surface area contributed by atoms with E-state index in [1.54, 1.807) is 0 Å². The van der Waals surface area contributed by atoms with Crippen molar-refractivity contribution < 1.29 is 9.57 Å². The van der Waals surface area contributed by atoms with Gasteiger partial charge in [0.15, 0.2) is 5.60 Å². The molecule has 21 heavy (non-hydrogen) atoms. The second-order valence-corrected chi connectivity index (χ2v) is 5.94. The maximum Gasteiger partial charge on any atom is 0.168 e. The molecule has 0 unspecified atom stereocenters. The van der Waals surface area contributed by atoms with Crippen LogP contribution < -0.4 is 4.74 Å². The first-order chi connectivity index (χ1) is 10.2. The van der Waals surface area contributed by atoms with Crippen molar-refractivity contribution in [3.8, 4) is 11.5 Å². The van der Waals surface area contributed by atoms with E-state index >= 15 is 0 Å². The third kappa shape index (κ3) is 2.95. The zero-order chi connectivity index (χ0) is 14.7. The highest BCUT2D eigenvalue weighted by Gasteiger charge is 2.38. The lowest BCUT2D eigenvalue weighted by Crippen LogP contribution is -2.24. The molecule has 0 fully saturated rings. The molecular weight excluding hydrogens is 330 g/mol. The maximum absolute atomic E-state index is 5.80. The highest BCUT2D eigenvalue weighted by molar-refractivity contribution is 9.18. The molecule has 0 bridgehead atoms. The number of benzene rings is 2. The van der Waals surface area contributed by atoms with Crippen LogP contribution in [0.15, 0.2) is 59.8 Å². The van der Waals surface area contributed by atoms with Gasteiger partial charge in [-0.2, -0.15) is 0 Å². The van der Waals surface area contributed by atoms with E-state index in [0.29, 0.717) is 0 Å². The summed E-state index contributed by atoms with van der Waals surface area (Å²) < 4.78 is 6.66. The summed E-state index contributed by atoms with van der Waals surface area (Å²) in [5.74, 6) is 1.65. The average molecular weight is 346 g/mol. The van der Waals surface area contributed by atoms with Crippen LogP contribution in [0, 0.1) is 0 Å². The highest BCUT2D eigenvalue weighted by atomic mass is 79.9. The van der Waals surface area contributed by atoms with E-state index in [9.17, 15) is 0 Å². The molecular formula is C17H16BrNO2. The summed E-state index contributed by atoms with van der Waals surface area (Å²) >= 11 is 3.41. The summed E-state index contributed by atoms with van der Waals surface area (Å²) in [6, 6.07) is 17.8. The van der Waals surface area contributed by atoms with Crippen LogP contribution in [-0.4, -0.2) is 4.62 Å². The summed E-state index contributed by atoms with van der Waals surface area (Å²) in [7, 11) is 0. The van der Waals surface area contributed by atoms with Crippen LogP contribution in [0.2, 0.25) is 0 Å². The fraction of sp³-hybridized carbons (Fsp3) is 0.235. The molecule has 0 saturated heterocycles. The second kappa shape index (κ2) is 5.90. The van der Waals surface area contributed by atoms with Gasteiger partial charge >= 0.3 is 0 Å². The van der Waals surface area contributed by atoms with E-state index in [2.05, 4.69) is 28.0 Å². The van der Waals surface area contributed by atoms with E-state index in [1.807, 2.05) is 54.6 Å². The van der Waals surface area contributed by atoms with Gasteiger partial charge in [0, 0.05) is 6.42 Å². The van der Waals surface area contributed by atoms with E-state index in [-0.39, 0.29) is 5.60 Å². The van der Waals surface area contributed by atoms with Gasteiger partial charge in [-0.05, 0) is 52.2 Å². The predicted octanol–water partition coefficient (Wildman–Crippen LogP) is 5.21. The average Bonchev–Trinajstić information content (AvgIpc) is 2.92. The highest BCUT2D eigenvalue weighted by Crippen LogP contribution is 2.39. The summed E-state index contributed by atoms with van der Waals surface area (Å²) in [4.78, 5) is 5.65. The first-order valence-corrected chi connectivity index (χ1v) is 7.75. The lowest BCUT2D eigenvalue weighted by molar-refractivity contribution is -0.0263. The van der Waals surface area contributed by atoms with Crippen molar-refractivity contribution in [1.82, 2.24) is 0 Å². The third-order valence-electron chi connectivity index (χ3n) is 3.68. The summed E-state index contributed by atoms with van der Waals surface area (Å²) in [6.07, 6.45) is 1.63. The Kier molecular flexibility index (Phi) is 3.97. The molecule has 0 spiro atoms. The Morgan fingerprint density at radius 1 is 1.10 bits per heavy atom. The minimum atomic E-state index is -0.357. The molecule has 2 aromatic carbocycles. The molecule has 1 aliphatic rings. The van der Waals surface area contributed by atoms with Crippen LogP contribution in [0.25, 0.3) is 0 Å². The van der Waals surface area contributed by atoms with Crippen LogP contribution in [0.1, 0.15) is 25.3 Å². The quantitative estimate of drug-likeness (QED) is 0.761. The summed E-state index contributed by atoms with van der Waals surface area (Å²) in [6.45, 7) is 2.11. The van der Waals surface area contributed by atoms with Crippen molar-refractivity contribution in [2.75, 3.05) is 0 Å². The minimum Gasteiger partial charge on any atom is -0.457 e. The molecule has 108 valence electrons. The van der Waals surface area contributed by atoms with Crippen molar-refractivity contribution in [3.05, 3.63) is 60.2 Å². The second-order valence-electron chi connectivity index (χ2n) is 5.02. The predicted molar refractivity (Wildman–Crippen MR) is 87.0 cm³/mol. The SMILES string of the molecule is CC[C@@]1(c2ccc(Oc3ccccc3)cc2)CC(Br)=NO1. The standard InChI is InChI=1S/C17H16BrNO2/c1-2-17(12-16(18)19-21-17)13-8-10-15(11-9-13)20-14-6-4-3-5-7-14/h3-11H,2,12H2,1H3/t17-/m0/s1. The van der Waals surface area contributed by atoms with Gasteiger partial charge in [-0.15, -0.1) is 0 Å². The topological polar surface area (TPSA) is 30.8 Å². The number of hydrogen-bond donors (Lipinski definition) is 0. The van der Waals surface area contributed by atoms with Gasteiger partial charge < -0.3 is 9.57 Å². The van der Waals surface area contributed by atoms with E-state index in [4.69, 9.17) is 9.57 Å². The number of ether oxygens (including phenoxy) is 1. The Morgan fingerprint density at radius 2 is 1.76 bits per heavy atom. The summed E-state index contributed by atoms with van der Waals surface area (Å²) in [5, 5.41) is 4.03. The zero-order valence-corrected chi connectivity index (χ0v) is 13.3. The number of halogens is 1. The van der Waals surface area contributed by atoms with E-state index < -0.39 is 0 Å². The van der Waals surface area contributed by atoms with Gasteiger partial charge in [0.2, 0.25) is 0 Å². The first kappa shape index (κ1) is 14.1. The van der Waals surface area contributed by atoms with Gasteiger partial charge in [0.05, 0.1) is 0 Å². The number of hydrogen-bond acceptors (Lipinski definition) is 3. The number of rotatable bonds is 4. The molecule has 1 aliphatic heterocycles. The van der Waals surface area contributed by atoms with Crippen molar-refractivity contribution in [2.24, 2.45) is 5.16 Å². The Labute approximate surface area is 132 Å². The Balaban J connectivity index is 1.78. The van der Waals surface area contributed by atoms with Gasteiger partial charge in [0.1, 0.15) is 16.1 Å². The molecule has 1 atom stereocenters. The maximum atomic E-state index is 5.80. The molecule has 0 radical (unpaired) electrons. The molecule has 2 aromatic rings. The lowest BCUT2D eigenvalue weighted by atomic mass is 9.89. The molecule has 0 N–H and O–H groups in total. The number of nitrogens with zero attached hydrogens (tertiary/aromatic N) is 1. The van der Waals surface area contributed by atoms with E-state index in [0.717, 1.165) is 34.5 Å². The Bertz CT molecular complexity index is 640. The molecule has 1 heterocycles. The van der Waals surface area contributed by atoms with Crippen LogP contribution in [0.5, 0.6) is 11.5 Å². The van der Waals surface area contributed by atoms with Gasteiger partial charge in [-0.1, -0.05) is 42.4 Å². The zero-order valence-electron chi connectivity index (χ0n) is 11.8. The number of para-hydroxylation sites is 1. The fourth-order valence-corrected chi connectivity index (χ4v) is 2.96. The minimum absolute atomic E-state index is 0.357. The largest absolute Gasteiger partial charge is 0.457 e. The van der Waals surface area contributed by atoms with Crippen molar-refractivity contribution in [2.45, 2.75) is 25.4 Å². The molecule has 0 aliphatic carbocycles. The molecule has 3 rings (SSSR count). The molecule has 0 aromatic heterocycles. The Hall–Kier alpha value is -1.81. The van der Waals surface area contributed by atoms with Gasteiger partial charge in [0.25, 0.3) is 0 Å². The molecule has 0 amide bonds. The normalized spacial score (nSPS) is 20.8. The van der Waals surface area contributed by atoms with Crippen molar-refractivity contribution in [1.29, 1.82) is 0 Å². The van der Waals surface area contributed by atoms with Crippen LogP contribution in [-0.2, 0) is 10.4 Å². The van der Waals surface area contributed by atoms with Gasteiger partial charge in [-0.25, -0.2) is 0 Å². The fourth-order valence-electron chi connectivity index (χ4n) is 2.44. The van der Waals surface area contributed by atoms with Crippen LogP contribution in [0.3, 0.4) is 0 Å².